The Morgan fingerprint density at radius 1 is 1.15 bits per heavy atom. The van der Waals surface area contributed by atoms with Crippen LogP contribution in [0.25, 0.3) is 0 Å². The van der Waals surface area contributed by atoms with Gasteiger partial charge in [0.25, 0.3) is 0 Å². The number of methoxy groups -OCH3 is 1. The van der Waals surface area contributed by atoms with Crippen molar-refractivity contribution in [2.24, 2.45) is 0 Å². The van der Waals surface area contributed by atoms with E-state index in [0.29, 0.717) is 0 Å². The number of ether oxygens (including phenoxy) is 2. The van der Waals surface area contributed by atoms with E-state index in [9.17, 15) is 15.3 Å². The molecule has 5 atom stereocenters. The van der Waals surface area contributed by atoms with Crippen LogP contribution in [-0.2, 0) is 9.47 Å². The molecule has 1 aliphatic rings. The summed E-state index contributed by atoms with van der Waals surface area (Å²) in [5.41, 5.74) is 0. The molecule has 1 saturated heterocycles. The Balaban J connectivity index is 2.66. The molecule has 0 aromatic rings. The van der Waals surface area contributed by atoms with Gasteiger partial charge in [-0.25, -0.2) is 0 Å². The third-order valence-electron chi connectivity index (χ3n) is 2.08. The fourth-order valence-electron chi connectivity index (χ4n) is 1.26. The molecule has 0 spiro atoms. The van der Waals surface area contributed by atoms with Crippen LogP contribution in [0.1, 0.15) is 0 Å². The summed E-state index contributed by atoms with van der Waals surface area (Å²) in [5.74, 6) is 0. The number of aliphatic hydroxyl groups is 4. The Bertz CT molecular complexity index is 143. The van der Waals surface area contributed by atoms with Crippen LogP contribution in [0.3, 0.4) is 0 Å². The molecule has 0 amide bonds. The maximum atomic E-state index is 9.28. The highest BCUT2D eigenvalue weighted by molar-refractivity contribution is 4.88. The van der Waals surface area contributed by atoms with E-state index in [0.717, 1.165) is 0 Å². The molecule has 0 bridgehead atoms. The Labute approximate surface area is 75.3 Å². The summed E-state index contributed by atoms with van der Waals surface area (Å²) in [4.78, 5) is 0. The van der Waals surface area contributed by atoms with E-state index in [4.69, 9.17) is 14.6 Å². The highest BCUT2D eigenvalue weighted by Crippen LogP contribution is 2.20. The fraction of sp³-hybridized carbons (Fsp3) is 1.00. The average Bonchev–Trinajstić information content (AvgIpc) is 2.15. The van der Waals surface area contributed by atoms with E-state index in [1.54, 1.807) is 0 Å². The van der Waals surface area contributed by atoms with Gasteiger partial charge in [0.2, 0.25) is 0 Å². The minimum Gasteiger partial charge on any atom is -0.394 e. The molecule has 1 heterocycles. The molecule has 4 N–H and O–H groups in total. The van der Waals surface area contributed by atoms with E-state index in [2.05, 4.69) is 0 Å². The van der Waals surface area contributed by atoms with Crippen molar-refractivity contribution in [3.63, 3.8) is 0 Å². The van der Waals surface area contributed by atoms with E-state index >= 15 is 0 Å². The number of hydrogen-bond acceptors (Lipinski definition) is 6. The van der Waals surface area contributed by atoms with Gasteiger partial charge in [-0.1, -0.05) is 0 Å². The Hall–Kier alpha value is -0.240. The summed E-state index contributed by atoms with van der Waals surface area (Å²) in [6, 6.07) is 0. The van der Waals surface area contributed by atoms with Crippen LogP contribution in [-0.4, -0.2) is 64.8 Å². The molecule has 0 aromatic carbocycles. The lowest BCUT2D eigenvalue weighted by Gasteiger charge is -2.38. The van der Waals surface area contributed by atoms with Gasteiger partial charge in [0.15, 0.2) is 6.29 Å². The molecular formula is C7H14O6. The van der Waals surface area contributed by atoms with Gasteiger partial charge in [0.1, 0.15) is 24.4 Å². The Kier molecular flexibility index (Phi) is 3.60. The summed E-state index contributed by atoms with van der Waals surface area (Å²) in [6.45, 7) is -0.440. The SMILES string of the molecule is COC1OC(CO)[C@@H](O)C(O)[C@H]1O. The summed E-state index contributed by atoms with van der Waals surface area (Å²) in [7, 11) is 1.30. The summed E-state index contributed by atoms with van der Waals surface area (Å²) in [6.07, 6.45) is -5.91. The second kappa shape index (κ2) is 4.32. The second-order valence-corrected chi connectivity index (χ2v) is 2.93. The quantitative estimate of drug-likeness (QED) is 0.386. The van der Waals surface area contributed by atoms with Gasteiger partial charge < -0.3 is 29.9 Å². The van der Waals surface area contributed by atoms with Gasteiger partial charge in [-0.05, 0) is 0 Å². The first-order valence-corrected chi connectivity index (χ1v) is 3.95. The van der Waals surface area contributed by atoms with Crippen molar-refractivity contribution >= 4 is 0 Å². The molecule has 6 heteroatoms. The van der Waals surface area contributed by atoms with Crippen molar-refractivity contribution in [3.05, 3.63) is 0 Å². The minimum atomic E-state index is -1.36. The molecule has 0 aliphatic carbocycles. The zero-order valence-corrected chi connectivity index (χ0v) is 7.20. The maximum Gasteiger partial charge on any atom is 0.186 e. The first kappa shape index (κ1) is 10.8. The van der Waals surface area contributed by atoms with Crippen LogP contribution in [0.2, 0.25) is 0 Å². The molecule has 13 heavy (non-hydrogen) atoms. The monoisotopic (exact) mass is 194 g/mol. The van der Waals surface area contributed by atoms with Gasteiger partial charge in [-0.15, -0.1) is 0 Å². The van der Waals surface area contributed by atoms with E-state index in [1.807, 2.05) is 0 Å². The van der Waals surface area contributed by atoms with E-state index in [-0.39, 0.29) is 0 Å². The van der Waals surface area contributed by atoms with Crippen molar-refractivity contribution < 1.29 is 29.9 Å². The highest BCUT2D eigenvalue weighted by atomic mass is 16.7. The first-order chi connectivity index (χ1) is 6.11. The molecule has 0 saturated carbocycles. The van der Waals surface area contributed by atoms with E-state index in [1.165, 1.54) is 7.11 Å². The molecule has 0 aromatic heterocycles. The summed E-state index contributed by atoms with van der Waals surface area (Å²) >= 11 is 0. The van der Waals surface area contributed by atoms with Crippen LogP contribution in [0.15, 0.2) is 0 Å². The molecule has 1 aliphatic heterocycles. The predicted octanol–water partition coefficient (Wildman–Crippen LogP) is -2.57. The van der Waals surface area contributed by atoms with Crippen molar-refractivity contribution in [3.8, 4) is 0 Å². The van der Waals surface area contributed by atoms with E-state index < -0.39 is 37.3 Å². The Morgan fingerprint density at radius 2 is 1.77 bits per heavy atom. The second-order valence-electron chi connectivity index (χ2n) is 2.93. The lowest BCUT2D eigenvalue weighted by Crippen LogP contribution is -2.58. The molecule has 1 fully saturated rings. The summed E-state index contributed by atoms with van der Waals surface area (Å²) < 4.78 is 9.65. The van der Waals surface area contributed by atoms with Gasteiger partial charge >= 0.3 is 0 Å². The van der Waals surface area contributed by atoms with Crippen LogP contribution in [0.5, 0.6) is 0 Å². The van der Waals surface area contributed by atoms with Crippen molar-refractivity contribution in [1.29, 1.82) is 0 Å². The number of hydrogen-bond donors (Lipinski definition) is 4. The van der Waals surface area contributed by atoms with Gasteiger partial charge in [0, 0.05) is 7.11 Å². The molecule has 78 valence electrons. The third kappa shape index (κ3) is 1.98. The highest BCUT2D eigenvalue weighted by Gasteiger charge is 2.43. The smallest absolute Gasteiger partial charge is 0.186 e. The molecule has 0 radical (unpaired) electrons. The van der Waals surface area contributed by atoms with Crippen LogP contribution in [0.4, 0.5) is 0 Å². The number of rotatable bonds is 2. The third-order valence-corrected chi connectivity index (χ3v) is 2.08. The lowest BCUT2D eigenvalue weighted by atomic mass is 9.99. The van der Waals surface area contributed by atoms with Crippen molar-refractivity contribution in [1.82, 2.24) is 0 Å². The first-order valence-electron chi connectivity index (χ1n) is 3.95. The minimum absolute atomic E-state index is 0.440. The Morgan fingerprint density at radius 3 is 2.23 bits per heavy atom. The maximum absolute atomic E-state index is 9.28. The zero-order chi connectivity index (χ0) is 10.0. The van der Waals surface area contributed by atoms with Crippen molar-refractivity contribution in [2.75, 3.05) is 13.7 Å². The van der Waals surface area contributed by atoms with Gasteiger partial charge in [0.05, 0.1) is 6.61 Å². The summed E-state index contributed by atoms with van der Waals surface area (Å²) in [5, 5.41) is 36.6. The molecule has 1 rings (SSSR count). The average molecular weight is 194 g/mol. The normalized spacial score (nSPS) is 46.4. The van der Waals surface area contributed by atoms with Crippen LogP contribution in [0, 0.1) is 0 Å². The van der Waals surface area contributed by atoms with Crippen molar-refractivity contribution in [2.45, 2.75) is 30.7 Å². The largest absolute Gasteiger partial charge is 0.394 e. The topological polar surface area (TPSA) is 99.4 Å². The fourth-order valence-corrected chi connectivity index (χ4v) is 1.26. The lowest BCUT2D eigenvalue weighted by molar-refractivity contribution is -0.294. The van der Waals surface area contributed by atoms with Gasteiger partial charge in [-0.3, -0.25) is 0 Å². The molecular weight excluding hydrogens is 180 g/mol. The zero-order valence-electron chi connectivity index (χ0n) is 7.20. The standard InChI is InChI=1S/C7H14O6/c1-12-7-6(11)5(10)4(9)3(2-8)13-7/h3-11H,2H2,1H3/t3?,4-,5?,6-,7?/m1/s1. The van der Waals surface area contributed by atoms with Crippen LogP contribution < -0.4 is 0 Å². The molecule has 3 unspecified atom stereocenters. The number of aliphatic hydroxyl groups excluding tert-OH is 4. The van der Waals surface area contributed by atoms with Crippen LogP contribution >= 0.6 is 0 Å². The van der Waals surface area contributed by atoms with Gasteiger partial charge in [-0.2, -0.15) is 0 Å². The molecule has 6 nitrogen and oxygen atoms in total. The predicted molar refractivity (Wildman–Crippen MR) is 40.8 cm³/mol.